The van der Waals surface area contributed by atoms with E-state index in [-0.39, 0.29) is 35.9 Å². The van der Waals surface area contributed by atoms with Crippen LogP contribution in [0.25, 0.3) is 21.3 Å². The number of piperidine rings is 3. The number of imidazole rings is 1. The summed E-state index contributed by atoms with van der Waals surface area (Å²) in [5.74, 6) is -0.507. The number of hydrogen-bond donors (Lipinski definition) is 2. The van der Waals surface area contributed by atoms with E-state index in [2.05, 4.69) is 25.4 Å². The molecule has 3 aliphatic rings. The molecule has 14 nitrogen and oxygen atoms in total. The molecule has 6 heterocycles. The molecule has 0 radical (unpaired) electrons. The van der Waals surface area contributed by atoms with Gasteiger partial charge in [-0.05, 0) is 56.6 Å². The van der Waals surface area contributed by atoms with Crippen molar-refractivity contribution in [2.75, 3.05) is 50.1 Å². The molecule has 3 saturated heterocycles. The summed E-state index contributed by atoms with van der Waals surface area (Å²) in [5, 5.41) is 15.4. The number of nitriles is 1. The highest BCUT2D eigenvalue weighted by atomic mass is 32.1. The number of anilines is 2. The molecular weight excluding hydrogens is 726 g/mol. The fraction of sp³-hybridized carbons (Fsp3) is 0.410. The molecule has 1 unspecified atom stereocenters. The summed E-state index contributed by atoms with van der Waals surface area (Å²) in [5.41, 5.74) is 2.31. The topological polar surface area (TPSA) is 167 Å². The predicted molar refractivity (Wildman–Crippen MR) is 205 cm³/mol. The number of fused-ring (bicyclic) bond motifs is 2. The lowest BCUT2D eigenvalue weighted by atomic mass is 9.90. The summed E-state index contributed by atoms with van der Waals surface area (Å²) in [4.78, 5) is 64.1. The summed E-state index contributed by atoms with van der Waals surface area (Å²) in [7, 11) is 3.22. The Balaban J connectivity index is 0.897. The Bertz CT molecular complexity index is 2440. The van der Waals surface area contributed by atoms with Crippen LogP contribution in [0.5, 0.6) is 5.75 Å². The van der Waals surface area contributed by atoms with Crippen molar-refractivity contribution < 1.29 is 23.5 Å². The van der Waals surface area contributed by atoms with Gasteiger partial charge >= 0.3 is 5.69 Å². The molecule has 284 valence electrons. The second kappa shape index (κ2) is 14.5. The first kappa shape index (κ1) is 36.3. The fourth-order valence-electron chi connectivity index (χ4n) is 8.18. The van der Waals surface area contributed by atoms with E-state index in [1.54, 1.807) is 23.0 Å². The number of likely N-dealkylation sites (tertiary alicyclic amines) is 1. The lowest BCUT2D eigenvalue weighted by Gasteiger charge is -2.41. The highest BCUT2D eigenvalue weighted by molar-refractivity contribution is 7.18. The number of pyridine rings is 1. The van der Waals surface area contributed by atoms with Gasteiger partial charge in [-0.15, -0.1) is 11.3 Å². The number of para-hydroxylation sites is 1. The number of ether oxygens (including phenoxy) is 1. The number of aryl methyl sites for hydroxylation is 1. The minimum atomic E-state index is -1.35. The zero-order valence-electron chi connectivity index (χ0n) is 30.5. The number of benzene rings is 2. The van der Waals surface area contributed by atoms with Crippen molar-refractivity contribution in [2.45, 2.75) is 56.2 Å². The summed E-state index contributed by atoms with van der Waals surface area (Å²) < 4.78 is 26.0. The van der Waals surface area contributed by atoms with Crippen LogP contribution in [0.3, 0.4) is 0 Å². The molecule has 0 spiro atoms. The van der Waals surface area contributed by atoms with Crippen molar-refractivity contribution in [3.05, 3.63) is 75.4 Å². The number of nitrogens with one attached hydrogen (secondary N) is 2. The molecule has 1 atom stereocenters. The maximum Gasteiger partial charge on any atom is 0.329 e. The molecule has 0 bridgehead atoms. The molecule has 2 N–H and O–H groups in total. The average molecular weight is 766 g/mol. The second-order valence-corrected chi connectivity index (χ2v) is 15.7. The number of nitrogens with zero attached hydrogens (tertiary/aromatic N) is 7. The average Bonchev–Trinajstić information content (AvgIpc) is 3.72. The van der Waals surface area contributed by atoms with Gasteiger partial charge in [0, 0.05) is 70.3 Å². The molecule has 0 saturated carbocycles. The standard InChI is InChI=1S/C39H40FN9O5S/c1-46-34-28(4-3-5-29(34)49(38(46)53)30-6-7-33(50)45-36(30)52)48-14-10-39(40,11-15-48)22-47-12-8-24(9-13-47)37-44-27-17-31(54-2)26(18-32(27)55-37)43-35(51)25-16-23(19-41)20-42-21-25/h3-5,16-18,20-21,24,30H,6-15,22H2,1-2H3,(H,43,51)(H,45,50,52). The van der Waals surface area contributed by atoms with Crippen LogP contribution < -0.4 is 26.0 Å². The monoisotopic (exact) mass is 765 g/mol. The number of methoxy groups -OCH3 is 1. The van der Waals surface area contributed by atoms with Gasteiger partial charge in [-0.3, -0.25) is 33.8 Å². The highest BCUT2D eigenvalue weighted by Gasteiger charge is 2.39. The number of carbonyl (C=O) groups is 3. The maximum absolute atomic E-state index is 16.5. The third-order valence-electron chi connectivity index (χ3n) is 11.2. The van der Waals surface area contributed by atoms with E-state index in [1.807, 2.05) is 36.4 Å². The molecule has 55 heavy (non-hydrogen) atoms. The summed E-state index contributed by atoms with van der Waals surface area (Å²) in [6.45, 7) is 2.85. The first-order chi connectivity index (χ1) is 26.5. The van der Waals surface area contributed by atoms with Crippen molar-refractivity contribution in [3.8, 4) is 11.8 Å². The molecule has 16 heteroatoms. The van der Waals surface area contributed by atoms with Crippen LogP contribution in [0.1, 0.15) is 71.4 Å². The molecule has 8 rings (SSSR count). The van der Waals surface area contributed by atoms with Gasteiger partial charge in [0.1, 0.15) is 23.5 Å². The lowest BCUT2D eigenvalue weighted by molar-refractivity contribution is -0.135. The molecule has 0 aliphatic carbocycles. The van der Waals surface area contributed by atoms with Crippen molar-refractivity contribution in [3.63, 3.8) is 0 Å². The quantitative estimate of drug-likeness (QED) is 0.213. The smallest absolute Gasteiger partial charge is 0.329 e. The second-order valence-electron chi connectivity index (χ2n) is 14.6. The van der Waals surface area contributed by atoms with E-state index in [0.29, 0.717) is 60.5 Å². The van der Waals surface area contributed by atoms with Gasteiger partial charge in [-0.1, -0.05) is 6.07 Å². The van der Waals surface area contributed by atoms with Gasteiger partial charge < -0.3 is 19.9 Å². The predicted octanol–water partition coefficient (Wildman–Crippen LogP) is 4.64. The molecule has 3 amide bonds. The van der Waals surface area contributed by atoms with E-state index in [0.717, 1.165) is 46.8 Å². The number of rotatable bonds is 8. The normalized spacial score (nSPS) is 19.4. The van der Waals surface area contributed by atoms with Crippen molar-refractivity contribution in [1.82, 2.24) is 29.3 Å². The largest absolute Gasteiger partial charge is 0.494 e. The van der Waals surface area contributed by atoms with Gasteiger partial charge in [0.2, 0.25) is 11.8 Å². The van der Waals surface area contributed by atoms with Crippen LogP contribution in [0.2, 0.25) is 0 Å². The third kappa shape index (κ3) is 6.94. The molecule has 5 aromatic rings. The number of hydrogen-bond acceptors (Lipinski definition) is 11. The van der Waals surface area contributed by atoms with Gasteiger partial charge in [0.25, 0.3) is 5.91 Å². The Kier molecular flexibility index (Phi) is 9.60. The van der Waals surface area contributed by atoms with Crippen LogP contribution in [0.15, 0.2) is 53.6 Å². The van der Waals surface area contributed by atoms with Crippen molar-refractivity contribution in [2.24, 2.45) is 7.05 Å². The van der Waals surface area contributed by atoms with Crippen LogP contribution in [-0.2, 0) is 16.6 Å². The van der Waals surface area contributed by atoms with E-state index in [1.165, 1.54) is 30.1 Å². The Labute approximate surface area is 319 Å². The fourth-order valence-corrected chi connectivity index (χ4v) is 9.34. The maximum atomic E-state index is 16.5. The zero-order chi connectivity index (χ0) is 38.4. The number of halogens is 1. The Hall–Kier alpha value is -5.66. The molecule has 3 aliphatic heterocycles. The summed E-state index contributed by atoms with van der Waals surface area (Å²) in [6.07, 6.45) is 5.65. The number of amides is 3. The van der Waals surface area contributed by atoms with Crippen LogP contribution in [-0.4, -0.2) is 87.2 Å². The third-order valence-corrected chi connectivity index (χ3v) is 12.3. The Morgan fingerprint density at radius 1 is 1.11 bits per heavy atom. The number of alkyl halides is 1. The number of aromatic nitrogens is 4. The summed E-state index contributed by atoms with van der Waals surface area (Å²) in [6, 6.07) is 12.0. The van der Waals surface area contributed by atoms with Crippen LogP contribution in [0, 0.1) is 11.3 Å². The molecular formula is C39H40FN9O5S. The number of imide groups is 1. The van der Waals surface area contributed by atoms with Gasteiger partial charge in [-0.2, -0.15) is 5.26 Å². The van der Waals surface area contributed by atoms with E-state index in [9.17, 15) is 24.4 Å². The van der Waals surface area contributed by atoms with Gasteiger partial charge in [0.05, 0.1) is 55.9 Å². The SMILES string of the molecule is COc1cc2nc(C3CCN(CC4(F)CCN(c5cccc6c5n(C)c(=O)n6C5CCC(=O)NC5=O)CC4)CC3)sc2cc1NC(=O)c1cncc(C#N)c1. The highest BCUT2D eigenvalue weighted by Crippen LogP contribution is 2.40. The summed E-state index contributed by atoms with van der Waals surface area (Å²) >= 11 is 1.59. The minimum Gasteiger partial charge on any atom is -0.494 e. The molecule has 3 aromatic heterocycles. The zero-order valence-corrected chi connectivity index (χ0v) is 31.3. The van der Waals surface area contributed by atoms with Gasteiger partial charge in [0.15, 0.2) is 0 Å². The van der Waals surface area contributed by atoms with Crippen LogP contribution >= 0.6 is 11.3 Å². The van der Waals surface area contributed by atoms with Crippen LogP contribution in [0.4, 0.5) is 15.8 Å². The Morgan fingerprint density at radius 2 is 1.89 bits per heavy atom. The van der Waals surface area contributed by atoms with Crippen molar-refractivity contribution >= 4 is 61.7 Å². The molecule has 2 aromatic carbocycles. The van der Waals surface area contributed by atoms with Crippen molar-refractivity contribution in [1.29, 1.82) is 5.26 Å². The minimum absolute atomic E-state index is 0.170. The number of thiazole rings is 1. The number of carbonyl (C=O) groups excluding carboxylic acids is 3. The first-order valence-electron chi connectivity index (χ1n) is 18.4. The first-order valence-corrected chi connectivity index (χ1v) is 19.2. The molecule has 3 fully saturated rings. The lowest BCUT2D eigenvalue weighted by Crippen LogP contribution is -2.50. The van der Waals surface area contributed by atoms with E-state index in [4.69, 9.17) is 9.72 Å². The Morgan fingerprint density at radius 3 is 2.62 bits per heavy atom. The van der Waals surface area contributed by atoms with E-state index < -0.39 is 23.5 Å². The van der Waals surface area contributed by atoms with E-state index >= 15 is 4.39 Å². The van der Waals surface area contributed by atoms with Gasteiger partial charge in [-0.25, -0.2) is 14.2 Å².